The molecule has 0 aliphatic carbocycles. The van der Waals surface area contributed by atoms with Gasteiger partial charge in [-0.05, 0) is 34.5 Å². The largest absolute Gasteiger partial charge is 0.481 e. The van der Waals surface area contributed by atoms with Gasteiger partial charge in [0.1, 0.15) is 5.82 Å². The molecule has 8 heteroatoms. The Morgan fingerprint density at radius 3 is 2.47 bits per heavy atom. The molecule has 1 unspecified atom stereocenters. The Morgan fingerprint density at radius 2 is 1.77 bits per heavy atom. The van der Waals surface area contributed by atoms with Gasteiger partial charge in [0, 0.05) is 12.3 Å². The summed E-state index contributed by atoms with van der Waals surface area (Å²) in [5.74, 6) is -0.850. The summed E-state index contributed by atoms with van der Waals surface area (Å²) in [6.07, 6.45) is -4.26. The van der Waals surface area contributed by atoms with Crippen LogP contribution in [-0.2, 0) is 17.4 Å². The number of nitrogens with zero attached hydrogens (tertiary/aromatic N) is 1. The fourth-order valence-corrected chi connectivity index (χ4v) is 3.55. The zero-order valence-electron chi connectivity index (χ0n) is 15.6. The van der Waals surface area contributed by atoms with Gasteiger partial charge in [0.15, 0.2) is 0 Å². The maximum Gasteiger partial charge on any atom is 0.416 e. The highest BCUT2D eigenvalue weighted by atomic mass is 35.5. The highest BCUT2D eigenvalue weighted by molar-refractivity contribution is 5.85. The van der Waals surface area contributed by atoms with Crippen molar-refractivity contribution in [3.05, 3.63) is 77.6 Å². The first-order valence-corrected chi connectivity index (χ1v) is 9.06. The normalized spacial score (nSPS) is 12.6. The number of aliphatic carboxylic acids is 1. The van der Waals surface area contributed by atoms with E-state index < -0.39 is 17.7 Å². The molecule has 1 atom stereocenters. The van der Waals surface area contributed by atoms with Crippen molar-refractivity contribution in [2.45, 2.75) is 24.9 Å². The van der Waals surface area contributed by atoms with E-state index in [9.17, 15) is 23.1 Å². The topological polar surface area (TPSA) is 66.0 Å². The number of alkyl halides is 3. The molecule has 156 valence electrons. The first kappa shape index (κ1) is 21.6. The number of hydrogen-bond donors (Lipinski definition) is 2. The standard InChI is InChI=1S/C22H17F3N2O2.ClH/c23-22(24,25)17-7-8-18-19(12-17)27-20(26-18)10-16(11-21(28)29)15-6-5-13-3-1-2-4-14(13)9-15;/h1-9,12,16H,10-11H2,(H,26,27)(H,28,29);1H. The number of aromatic nitrogens is 2. The molecule has 1 heterocycles. The second kappa shape index (κ2) is 8.36. The molecule has 30 heavy (non-hydrogen) atoms. The van der Waals surface area contributed by atoms with Crippen molar-refractivity contribution in [2.24, 2.45) is 0 Å². The summed E-state index contributed by atoms with van der Waals surface area (Å²) in [5, 5.41) is 11.4. The van der Waals surface area contributed by atoms with E-state index in [4.69, 9.17) is 0 Å². The van der Waals surface area contributed by atoms with Gasteiger partial charge < -0.3 is 10.1 Å². The third-order valence-electron chi connectivity index (χ3n) is 4.96. The molecule has 0 amide bonds. The Morgan fingerprint density at radius 1 is 1.03 bits per heavy atom. The van der Waals surface area contributed by atoms with Crippen LogP contribution in [-0.4, -0.2) is 21.0 Å². The molecule has 0 aliphatic rings. The van der Waals surface area contributed by atoms with Crippen LogP contribution in [0.3, 0.4) is 0 Å². The number of carboxylic acid groups (broad SMARTS) is 1. The average molecular weight is 435 g/mol. The monoisotopic (exact) mass is 434 g/mol. The van der Waals surface area contributed by atoms with E-state index in [0.29, 0.717) is 11.3 Å². The Balaban J connectivity index is 0.00000256. The summed E-state index contributed by atoms with van der Waals surface area (Å²) in [5.41, 5.74) is 0.794. The van der Waals surface area contributed by atoms with Gasteiger partial charge in [-0.2, -0.15) is 13.2 Å². The average Bonchev–Trinajstić information content (AvgIpc) is 3.07. The number of halogens is 4. The predicted molar refractivity (Wildman–Crippen MR) is 111 cm³/mol. The van der Waals surface area contributed by atoms with Gasteiger partial charge in [-0.25, -0.2) is 4.98 Å². The van der Waals surface area contributed by atoms with E-state index in [0.717, 1.165) is 28.5 Å². The maximum absolute atomic E-state index is 12.9. The molecule has 0 radical (unpaired) electrons. The van der Waals surface area contributed by atoms with Crippen molar-refractivity contribution in [1.82, 2.24) is 9.97 Å². The predicted octanol–water partition coefficient (Wildman–Crippen LogP) is 5.96. The summed E-state index contributed by atoms with van der Waals surface area (Å²) in [6.45, 7) is 0. The van der Waals surface area contributed by atoms with Gasteiger partial charge in [-0.1, -0.05) is 42.5 Å². The number of H-pyrrole nitrogens is 1. The molecule has 4 aromatic rings. The molecule has 4 rings (SSSR count). The molecule has 4 nitrogen and oxygen atoms in total. The Kier molecular flexibility index (Phi) is 6.03. The molecule has 1 aromatic heterocycles. The number of carboxylic acids is 1. The van der Waals surface area contributed by atoms with Gasteiger partial charge in [-0.15, -0.1) is 12.4 Å². The summed E-state index contributed by atoms with van der Waals surface area (Å²) in [4.78, 5) is 18.7. The first-order valence-electron chi connectivity index (χ1n) is 9.06. The molecule has 3 aromatic carbocycles. The van der Waals surface area contributed by atoms with Gasteiger partial charge in [0.25, 0.3) is 0 Å². The van der Waals surface area contributed by atoms with Crippen LogP contribution < -0.4 is 0 Å². The molecule has 0 spiro atoms. The highest BCUT2D eigenvalue weighted by Gasteiger charge is 2.30. The maximum atomic E-state index is 12.9. The minimum atomic E-state index is -4.43. The van der Waals surface area contributed by atoms with Crippen molar-refractivity contribution in [3.8, 4) is 0 Å². The van der Waals surface area contributed by atoms with Crippen molar-refractivity contribution >= 4 is 40.2 Å². The lowest BCUT2D eigenvalue weighted by atomic mass is 9.90. The molecule has 0 saturated heterocycles. The Bertz CT molecular complexity index is 1200. The van der Waals surface area contributed by atoms with Crippen molar-refractivity contribution in [1.29, 1.82) is 0 Å². The summed E-state index contributed by atoms with van der Waals surface area (Å²) < 4.78 is 38.8. The molecule has 0 aliphatic heterocycles. The highest BCUT2D eigenvalue weighted by Crippen LogP contribution is 2.32. The van der Waals surface area contributed by atoms with Crippen LogP contribution in [0.25, 0.3) is 21.8 Å². The first-order chi connectivity index (χ1) is 13.8. The number of carbonyl (C=O) groups is 1. The van der Waals surface area contributed by atoms with Crippen molar-refractivity contribution in [2.75, 3.05) is 0 Å². The van der Waals surface area contributed by atoms with Crippen LogP contribution >= 0.6 is 12.4 Å². The van der Waals surface area contributed by atoms with Crippen molar-refractivity contribution in [3.63, 3.8) is 0 Å². The van der Waals surface area contributed by atoms with Gasteiger partial charge >= 0.3 is 12.1 Å². The third-order valence-corrected chi connectivity index (χ3v) is 4.96. The lowest BCUT2D eigenvalue weighted by Crippen LogP contribution is -2.10. The van der Waals surface area contributed by atoms with E-state index in [2.05, 4.69) is 9.97 Å². The van der Waals surface area contributed by atoms with E-state index >= 15 is 0 Å². The van der Waals surface area contributed by atoms with Crippen LogP contribution in [0.15, 0.2) is 60.7 Å². The second-order valence-electron chi connectivity index (χ2n) is 7.02. The van der Waals surface area contributed by atoms with E-state index in [-0.39, 0.29) is 36.7 Å². The number of hydrogen-bond acceptors (Lipinski definition) is 2. The number of rotatable bonds is 5. The van der Waals surface area contributed by atoms with Crippen LogP contribution in [0.4, 0.5) is 13.2 Å². The smallest absolute Gasteiger partial charge is 0.416 e. The lowest BCUT2D eigenvalue weighted by Gasteiger charge is -2.15. The third kappa shape index (κ3) is 4.57. The number of imidazole rings is 1. The van der Waals surface area contributed by atoms with Gasteiger partial charge in [0.2, 0.25) is 0 Å². The number of benzene rings is 3. The molecule has 0 bridgehead atoms. The zero-order valence-corrected chi connectivity index (χ0v) is 16.4. The van der Waals surface area contributed by atoms with Crippen molar-refractivity contribution < 1.29 is 23.1 Å². The van der Waals surface area contributed by atoms with E-state index in [1.807, 2.05) is 42.5 Å². The summed E-state index contributed by atoms with van der Waals surface area (Å²) >= 11 is 0. The second-order valence-corrected chi connectivity index (χ2v) is 7.02. The van der Waals surface area contributed by atoms with Crippen LogP contribution in [0.5, 0.6) is 0 Å². The van der Waals surface area contributed by atoms with Crippen LogP contribution in [0.2, 0.25) is 0 Å². The fraction of sp³-hybridized carbons (Fsp3) is 0.182. The Labute approximate surface area is 176 Å². The molecular formula is C22H18ClF3N2O2. The van der Waals surface area contributed by atoms with Gasteiger partial charge in [0.05, 0.1) is 23.0 Å². The SMILES string of the molecule is Cl.O=C(O)CC(Cc1nc2ccc(C(F)(F)F)cc2[nH]1)c1ccc2ccccc2c1. The molecule has 0 saturated carbocycles. The molecule has 2 N–H and O–H groups in total. The minimum absolute atomic E-state index is 0. The molecular weight excluding hydrogens is 417 g/mol. The van der Waals surface area contributed by atoms with Crippen LogP contribution in [0.1, 0.15) is 29.3 Å². The van der Waals surface area contributed by atoms with Gasteiger partial charge in [-0.3, -0.25) is 4.79 Å². The number of aromatic amines is 1. The quantitative estimate of drug-likeness (QED) is 0.407. The zero-order chi connectivity index (χ0) is 20.6. The molecule has 0 fully saturated rings. The Hall–Kier alpha value is -3.06. The lowest BCUT2D eigenvalue weighted by molar-refractivity contribution is -0.138. The van der Waals surface area contributed by atoms with Crippen LogP contribution in [0, 0.1) is 0 Å². The fourth-order valence-electron chi connectivity index (χ4n) is 3.55. The minimum Gasteiger partial charge on any atom is -0.481 e. The number of nitrogens with one attached hydrogen (secondary N) is 1. The number of fused-ring (bicyclic) bond motifs is 2. The van der Waals surface area contributed by atoms with E-state index in [1.165, 1.54) is 6.07 Å². The summed E-state index contributed by atoms with van der Waals surface area (Å²) in [6, 6.07) is 16.9. The van der Waals surface area contributed by atoms with E-state index in [1.54, 1.807) is 0 Å². The summed E-state index contributed by atoms with van der Waals surface area (Å²) in [7, 11) is 0.